The standard InChI is InChI=1S/C29H29NO2/c1-23(31)32-29-18-10-9-17-27(29)28(30-21-11-4-12-22-30)20-19-26(24-13-5-2-6-14-24)25-15-7-3-8-16-25/h2-3,5-10,13-20H,4,11-12,21-22H2,1H3/b28-20-. The Morgan fingerprint density at radius 3 is 1.91 bits per heavy atom. The molecule has 1 fully saturated rings. The normalized spacial score (nSPS) is 14.0. The van der Waals surface area contributed by atoms with Crippen molar-refractivity contribution in [2.75, 3.05) is 13.1 Å². The summed E-state index contributed by atoms with van der Waals surface area (Å²) < 4.78 is 5.57. The van der Waals surface area contributed by atoms with Crippen LogP contribution in [-0.2, 0) is 4.79 Å². The van der Waals surface area contributed by atoms with Crippen LogP contribution in [0.2, 0.25) is 0 Å². The average Bonchev–Trinajstić information content (AvgIpc) is 2.84. The van der Waals surface area contributed by atoms with Crippen molar-refractivity contribution in [1.29, 1.82) is 0 Å². The van der Waals surface area contributed by atoms with Gasteiger partial charge in [0, 0.05) is 31.3 Å². The Morgan fingerprint density at radius 1 is 0.750 bits per heavy atom. The summed E-state index contributed by atoms with van der Waals surface area (Å²) in [4.78, 5) is 14.1. The maximum atomic E-state index is 11.7. The lowest BCUT2D eigenvalue weighted by molar-refractivity contribution is -0.131. The molecule has 1 heterocycles. The lowest BCUT2D eigenvalue weighted by Gasteiger charge is -2.32. The molecule has 0 aliphatic carbocycles. The number of carbonyl (C=O) groups is 1. The van der Waals surface area contributed by atoms with E-state index in [-0.39, 0.29) is 5.97 Å². The summed E-state index contributed by atoms with van der Waals surface area (Å²) in [6.45, 7) is 3.45. The van der Waals surface area contributed by atoms with Crippen molar-refractivity contribution < 1.29 is 9.53 Å². The molecule has 4 rings (SSSR count). The van der Waals surface area contributed by atoms with E-state index in [4.69, 9.17) is 4.74 Å². The fraction of sp³-hybridized carbons (Fsp3) is 0.207. The van der Waals surface area contributed by atoms with Gasteiger partial charge in [0.05, 0.1) is 0 Å². The number of ether oxygens (including phenoxy) is 1. The quantitative estimate of drug-likeness (QED) is 0.255. The summed E-state index contributed by atoms with van der Waals surface area (Å²) in [7, 11) is 0. The number of piperidine rings is 1. The molecule has 0 bridgehead atoms. The van der Waals surface area contributed by atoms with Crippen molar-refractivity contribution in [2.24, 2.45) is 0 Å². The van der Waals surface area contributed by atoms with Crippen molar-refractivity contribution >= 4 is 17.2 Å². The molecule has 1 saturated heterocycles. The van der Waals surface area contributed by atoms with E-state index in [1.807, 2.05) is 36.4 Å². The smallest absolute Gasteiger partial charge is 0.308 e. The summed E-state index contributed by atoms with van der Waals surface area (Å²) in [5.41, 5.74) is 5.53. The van der Waals surface area contributed by atoms with Gasteiger partial charge in [0.1, 0.15) is 5.75 Å². The van der Waals surface area contributed by atoms with Crippen LogP contribution in [0.15, 0.2) is 97.1 Å². The topological polar surface area (TPSA) is 29.5 Å². The third-order valence-electron chi connectivity index (χ3n) is 5.69. The highest BCUT2D eigenvalue weighted by molar-refractivity contribution is 5.83. The van der Waals surface area contributed by atoms with Crippen LogP contribution in [0.4, 0.5) is 0 Å². The molecule has 162 valence electrons. The Balaban J connectivity index is 1.84. The molecule has 32 heavy (non-hydrogen) atoms. The van der Waals surface area contributed by atoms with E-state index < -0.39 is 0 Å². The zero-order valence-electron chi connectivity index (χ0n) is 18.5. The second-order valence-corrected chi connectivity index (χ2v) is 8.00. The Kier molecular flexibility index (Phi) is 7.19. The van der Waals surface area contributed by atoms with Crippen LogP contribution in [0, 0.1) is 0 Å². The molecular formula is C29H29NO2. The Hall–Kier alpha value is -3.59. The number of benzene rings is 3. The molecule has 3 nitrogen and oxygen atoms in total. The minimum absolute atomic E-state index is 0.305. The highest BCUT2D eigenvalue weighted by Gasteiger charge is 2.18. The van der Waals surface area contributed by atoms with Gasteiger partial charge >= 0.3 is 5.97 Å². The highest BCUT2D eigenvalue weighted by Crippen LogP contribution is 2.32. The second kappa shape index (κ2) is 10.6. The van der Waals surface area contributed by atoms with Crippen LogP contribution in [0.5, 0.6) is 5.75 Å². The molecule has 0 aromatic heterocycles. The van der Waals surface area contributed by atoms with E-state index >= 15 is 0 Å². The van der Waals surface area contributed by atoms with Gasteiger partial charge in [0.25, 0.3) is 0 Å². The van der Waals surface area contributed by atoms with Crippen molar-refractivity contribution in [3.63, 3.8) is 0 Å². The molecular weight excluding hydrogens is 394 g/mol. The third-order valence-corrected chi connectivity index (χ3v) is 5.69. The minimum Gasteiger partial charge on any atom is -0.426 e. The fourth-order valence-electron chi connectivity index (χ4n) is 4.18. The first-order valence-electron chi connectivity index (χ1n) is 11.3. The van der Waals surface area contributed by atoms with E-state index in [0.717, 1.165) is 29.9 Å². The number of allylic oxidation sites excluding steroid dienone is 2. The summed E-state index contributed by atoms with van der Waals surface area (Å²) in [6.07, 6.45) is 7.97. The Labute approximate surface area is 190 Å². The van der Waals surface area contributed by atoms with E-state index in [0.29, 0.717) is 5.75 Å². The van der Waals surface area contributed by atoms with Gasteiger partial charge in [-0.2, -0.15) is 0 Å². The molecule has 0 radical (unpaired) electrons. The largest absolute Gasteiger partial charge is 0.426 e. The van der Waals surface area contributed by atoms with Gasteiger partial charge in [-0.15, -0.1) is 0 Å². The Bertz CT molecular complexity index is 1050. The van der Waals surface area contributed by atoms with Gasteiger partial charge in [0.15, 0.2) is 0 Å². The fourth-order valence-corrected chi connectivity index (χ4v) is 4.18. The zero-order valence-corrected chi connectivity index (χ0v) is 18.5. The minimum atomic E-state index is -0.305. The first-order chi connectivity index (χ1) is 15.7. The number of para-hydroxylation sites is 1. The molecule has 0 spiro atoms. The predicted molar refractivity (Wildman–Crippen MR) is 131 cm³/mol. The van der Waals surface area contributed by atoms with Gasteiger partial charge < -0.3 is 9.64 Å². The number of hydrogen-bond donors (Lipinski definition) is 0. The van der Waals surface area contributed by atoms with Crippen molar-refractivity contribution in [3.8, 4) is 5.75 Å². The highest BCUT2D eigenvalue weighted by atomic mass is 16.5. The summed E-state index contributed by atoms with van der Waals surface area (Å²) in [6, 6.07) is 28.7. The number of esters is 1. The van der Waals surface area contributed by atoms with E-state index in [1.165, 1.54) is 37.3 Å². The number of rotatable bonds is 6. The first-order valence-corrected chi connectivity index (χ1v) is 11.3. The van der Waals surface area contributed by atoms with Crippen LogP contribution in [-0.4, -0.2) is 24.0 Å². The molecule has 3 aromatic rings. The number of carbonyl (C=O) groups excluding carboxylic acids is 1. The zero-order chi connectivity index (χ0) is 22.2. The monoisotopic (exact) mass is 423 g/mol. The second-order valence-electron chi connectivity index (χ2n) is 8.00. The maximum absolute atomic E-state index is 11.7. The molecule has 0 N–H and O–H groups in total. The van der Waals surface area contributed by atoms with Crippen LogP contribution in [0.3, 0.4) is 0 Å². The van der Waals surface area contributed by atoms with Gasteiger partial charge in [0.2, 0.25) is 0 Å². The lowest BCUT2D eigenvalue weighted by atomic mass is 9.96. The van der Waals surface area contributed by atoms with Crippen molar-refractivity contribution in [2.45, 2.75) is 26.2 Å². The lowest BCUT2D eigenvalue weighted by Crippen LogP contribution is -2.28. The van der Waals surface area contributed by atoms with Gasteiger partial charge in [-0.3, -0.25) is 4.79 Å². The first kappa shape index (κ1) is 21.6. The number of likely N-dealkylation sites (tertiary alicyclic amines) is 1. The summed E-state index contributed by atoms with van der Waals surface area (Å²) in [5, 5.41) is 0. The van der Waals surface area contributed by atoms with Crippen LogP contribution >= 0.6 is 0 Å². The molecule has 1 aliphatic rings. The number of hydrogen-bond acceptors (Lipinski definition) is 3. The predicted octanol–water partition coefficient (Wildman–Crippen LogP) is 6.57. The molecule has 0 amide bonds. The molecule has 0 unspecified atom stereocenters. The SMILES string of the molecule is CC(=O)Oc1ccccc1/C(=C/C=C(c1ccccc1)c1ccccc1)N1CCCCC1. The van der Waals surface area contributed by atoms with Crippen LogP contribution < -0.4 is 4.74 Å². The summed E-state index contributed by atoms with van der Waals surface area (Å²) in [5.74, 6) is 0.298. The van der Waals surface area contributed by atoms with Gasteiger partial charge in [-0.25, -0.2) is 0 Å². The van der Waals surface area contributed by atoms with E-state index in [1.54, 1.807) is 0 Å². The van der Waals surface area contributed by atoms with E-state index in [2.05, 4.69) is 65.6 Å². The van der Waals surface area contributed by atoms with Crippen LogP contribution in [0.1, 0.15) is 42.9 Å². The number of nitrogens with zero attached hydrogens (tertiary/aromatic N) is 1. The maximum Gasteiger partial charge on any atom is 0.308 e. The third kappa shape index (κ3) is 5.36. The van der Waals surface area contributed by atoms with Gasteiger partial charge in [-0.05, 0) is 54.2 Å². The molecule has 0 atom stereocenters. The van der Waals surface area contributed by atoms with Crippen molar-refractivity contribution in [1.82, 2.24) is 4.90 Å². The van der Waals surface area contributed by atoms with Crippen LogP contribution in [0.25, 0.3) is 11.3 Å². The molecule has 3 heteroatoms. The van der Waals surface area contributed by atoms with Crippen molar-refractivity contribution in [3.05, 3.63) is 114 Å². The van der Waals surface area contributed by atoms with E-state index in [9.17, 15) is 4.79 Å². The molecule has 1 aliphatic heterocycles. The average molecular weight is 424 g/mol. The summed E-state index contributed by atoms with van der Waals surface area (Å²) >= 11 is 0. The van der Waals surface area contributed by atoms with Gasteiger partial charge in [-0.1, -0.05) is 78.9 Å². The molecule has 3 aromatic carbocycles. The Morgan fingerprint density at radius 2 is 1.31 bits per heavy atom. The molecule has 0 saturated carbocycles.